The molecular weight excluding hydrogens is 1590 g/mol. The summed E-state index contributed by atoms with van der Waals surface area (Å²) in [5.41, 5.74) is 8.35. The van der Waals surface area contributed by atoms with Crippen molar-refractivity contribution in [2.24, 2.45) is 0 Å². The number of rotatable bonds is 17. The molecule has 4 atom stereocenters. The highest BCUT2D eigenvalue weighted by molar-refractivity contribution is 7.70. The molecule has 0 aliphatic carbocycles. The van der Waals surface area contributed by atoms with Gasteiger partial charge in [-0.1, -0.05) is 59.1 Å². The molecule has 114 heavy (non-hydrogen) atoms. The van der Waals surface area contributed by atoms with Gasteiger partial charge in [0.25, 0.3) is 11.8 Å². The number of anilines is 10. The van der Waals surface area contributed by atoms with E-state index in [9.17, 15) is 29.4 Å². The van der Waals surface area contributed by atoms with E-state index in [-0.39, 0.29) is 56.0 Å². The first-order valence-electron chi connectivity index (χ1n) is 37.3. The summed E-state index contributed by atoms with van der Waals surface area (Å²) < 4.78 is 68.8. The Morgan fingerprint density at radius 1 is 0.482 bits per heavy atom. The van der Waals surface area contributed by atoms with Crippen LogP contribution in [-0.4, -0.2) is 206 Å². The average molecular weight is 1690 g/mol. The lowest BCUT2D eigenvalue weighted by molar-refractivity contribution is -0.386. The SMILES string of the molecule is C1COC2(C1)CCNC2.COc1nc(Cl)ccc1[N+](=O)[O-].COc1nc(N2CCC3(CCCO3)C2)ccc1N.COc1nc(N2CCC3(CCCO3)C2)ccc1Nc1ncc(Cl)c(Nc2ccccc2P(C)(C)=O)n1.COc1nc(N2CCC3(CCCO3)C2)ccc1[N+](=O)[O-].CP(C)(=O)c1ccccc1Nc1nc(Cl)ncc1Cl. The Bertz CT molecular complexity index is 4740. The Morgan fingerprint density at radius 3 is 1.35 bits per heavy atom. The summed E-state index contributed by atoms with van der Waals surface area (Å²) >= 11 is 23.6. The number of nitrogens with zero attached hydrogens (tertiary/aromatic N) is 13. The van der Waals surface area contributed by atoms with Gasteiger partial charge in [-0.2, -0.15) is 29.9 Å². The number of pyridine rings is 4. The molecular formula is C76H96Cl4N18O14P2. The lowest BCUT2D eigenvalue weighted by atomic mass is 10.00. The molecule has 16 rings (SSSR count). The van der Waals surface area contributed by atoms with Crippen molar-refractivity contribution in [3.8, 4) is 23.5 Å². The maximum atomic E-state index is 12.7. The maximum Gasteiger partial charge on any atom is 0.331 e. The highest BCUT2D eigenvalue weighted by atomic mass is 35.5. The first kappa shape index (κ1) is 86.1. The second-order valence-corrected chi connectivity index (χ2v) is 37.1. The fourth-order valence-corrected chi connectivity index (χ4v) is 17.7. The van der Waals surface area contributed by atoms with Gasteiger partial charge in [-0.25, -0.2) is 9.97 Å². The van der Waals surface area contributed by atoms with Crippen LogP contribution in [0.15, 0.2) is 109 Å². The number of hydrogen-bond acceptors (Lipinski definition) is 30. The van der Waals surface area contributed by atoms with Crippen molar-refractivity contribution in [3.05, 3.63) is 150 Å². The van der Waals surface area contributed by atoms with E-state index in [4.69, 9.17) is 90.3 Å². The molecule has 8 fully saturated rings. The van der Waals surface area contributed by atoms with Crippen molar-refractivity contribution in [1.29, 1.82) is 0 Å². The van der Waals surface area contributed by atoms with E-state index in [1.54, 1.807) is 46.9 Å². The summed E-state index contributed by atoms with van der Waals surface area (Å²) in [5, 5.41) is 36.4. The van der Waals surface area contributed by atoms with Crippen molar-refractivity contribution in [1.82, 2.24) is 45.2 Å². The minimum Gasteiger partial charge on any atom is -0.479 e. The van der Waals surface area contributed by atoms with E-state index in [0.717, 1.165) is 152 Å². The van der Waals surface area contributed by atoms with Gasteiger partial charge in [0.15, 0.2) is 11.6 Å². The molecule has 8 aromatic rings. The zero-order chi connectivity index (χ0) is 81.4. The molecule has 0 bridgehead atoms. The van der Waals surface area contributed by atoms with E-state index >= 15 is 0 Å². The number of methoxy groups -OCH3 is 4. The largest absolute Gasteiger partial charge is 0.479 e. The van der Waals surface area contributed by atoms with Crippen LogP contribution in [0, 0.1) is 20.2 Å². The first-order chi connectivity index (χ1) is 54.6. The second-order valence-electron chi connectivity index (χ2n) is 29.2. The quantitative estimate of drug-likeness (QED) is 0.0186. The third kappa shape index (κ3) is 22.0. The number of nitrogens with one attached hydrogen (secondary N) is 4. The molecule has 8 aliphatic rings. The lowest BCUT2D eigenvalue weighted by Gasteiger charge is -2.24. The van der Waals surface area contributed by atoms with E-state index in [1.165, 1.54) is 70.5 Å². The van der Waals surface area contributed by atoms with Crippen LogP contribution >= 0.6 is 60.7 Å². The maximum absolute atomic E-state index is 12.7. The molecule has 6 aromatic heterocycles. The molecule has 0 radical (unpaired) electrons. The van der Waals surface area contributed by atoms with E-state index in [2.05, 4.69) is 75.6 Å². The molecule has 32 nitrogen and oxygen atoms in total. The fraction of sp³-hybridized carbons (Fsp3) is 0.474. The Balaban J connectivity index is 0.000000142. The van der Waals surface area contributed by atoms with Crippen molar-refractivity contribution in [2.45, 2.75) is 99.5 Å². The number of nitrogens with two attached hydrogens (primary N) is 1. The van der Waals surface area contributed by atoms with Gasteiger partial charge in [-0.15, -0.1) is 0 Å². The van der Waals surface area contributed by atoms with Gasteiger partial charge in [0.1, 0.15) is 52.6 Å². The molecule has 38 heteroatoms. The topological polar surface area (TPSA) is 381 Å². The lowest BCUT2D eigenvalue weighted by Crippen LogP contribution is -2.32. The number of nitro groups is 2. The third-order valence-electron chi connectivity index (χ3n) is 20.6. The van der Waals surface area contributed by atoms with Crippen molar-refractivity contribution in [3.63, 3.8) is 0 Å². The Morgan fingerprint density at radius 2 is 0.904 bits per heavy atom. The van der Waals surface area contributed by atoms with Crippen molar-refractivity contribution < 1.29 is 56.9 Å². The smallest absolute Gasteiger partial charge is 0.331 e. The molecule has 0 saturated carbocycles. The fourth-order valence-electron chi connectivity index (χ4n) is 14.8. The van der Waals surface area contributed by atoms with Crippen LogP contribution < -0.4 is 71.3 Å². The molecule has 4 spiro atoms. The van der Waals surface area contributed by atoms with Gasteiger partial charge in [0.2, 0.25) is 23.0 Å². The summed E-state index contributed by atoms with van der Waals surface area (Å²) in [6.07, 6.45) is 16.5. The molecule has 8 saturated heterocycles. The van der Waals surface area contributed by atoms with Crippen LogP contribution in [0.5, 0.6) is 23.5 Å². The summed E-state index contributed by atoms with van der Waals surface area (Å²) in [6.45, 7) is 18.0. The molecule has 14 heterocycles. The Labute approximate surface area is 682 Å². The number of benzene rings is 2. The summed E-state index contributed by atoms with van der Waals surface area (Å²) in [4.78, 5) is 60.4. The highest BCUT2D eigenvalue weighted by Crippen LogP contribution is 2.44. The van der Waals surface area contributed by atoms with Gasteiger partial charge in [-0.05, 0) is 183 Å². The standard InChI is InChI=1S/C25H30ClN6O3P.C13H17N3O4.C13H19N3O2.C12H12Cl2N3OP.C7H13NO.C6H5ClN2O3/c1-34-23-19(9-10-21(30-23)32-13-12-25(16-32)11-6-14-35-25)29-24-27-15-17(26)22(31-24)28-18-7-4-5-8-20(18)36(2,3)33;1-19-12-10(16(17)18)3-4-11(14-12)15-7-6-13(9-15)5-2-8-20-13;1-17-12-10(14)3-4-11(15-12)16-7-6-13(9-16)5-2-8-18-13;1-19(2,18)10-6-4-3-5-9(10)16-11-8(13)7-15-12(14)17-11;1-2-7(9-5-1)3-4-8-6-7;1-12-6-4(9(10)11)2-3-5(7)8-6/h4-5,7-10,15H,6,11-14,16H2,1-3H3,(H2,27,28,29,31);3-4H,2,5-9H2,1H3;3-4H,2,5-9,14H2,1H3;3-7H,1-2H3,(H,15,16,17);8H,1-6H2;2-3H,1H3. The van der Waals surface area contributed by atoms with Gasteiger partial charge >= 0.3 is 11.4 Å². The van der Waals surface area contributed by atoms with E-state index in [0.29, 0.717) is 68.0 Å². The van der Waals surface area contributed by atoms with Crippen LogP contribution in [0.1, 0.15) is 77.0 Å². The second kappa shape index (κ2) is 38.3. The first-order valence-corrected chi connectivity index (χ1v) is 44.0. The highest BCUT2D eigenvalue weighted by Gasteiger charge is 2.45. The molecule has 0 amide bonds. The third-order valence-corrected chi connectivity index (χ3v) is 24.6. The minimum absolute atomic E-state index is 0.0334. The zero-order valence-electron chi connectivity index (χ0n) is 64.9. The number of hydrogen-bond donors (Lipinski definition) is 5. The monoisotopic (exact) mass is 1690 g/mol. The van der Waals surface area contributed by atoms with Gasteiger partial charge < -0.3 is 88.7 Å². The van der Waals surface area contributed by atoms with Crippen LogP contribution in [0.4, 0.5) is 69.2 Å². The Hall–Kier alpha value is -8.78. The molecule has 612 valence electrons. The summed E-state index contributed by atoms with van der Waals surface area (Å²) in [5.74, 6) is 4.52. The normalized spacial score (nSPS) is 21.2. The van der Waals surface area contributed by atoms with E-state index < -0.39 is 24.1 Å². The predicted molar refractivity (Wildman–Crippen MR) is 446 cm³/mol. The van der Waals surface area contributed by atoms with Crippen LogP contribution in [-0.2, 0) is 28.1 Å². The minimum atomic E-state index is -2.51. The van der Waals surface area contributed by atoms with Crippen molar-refractivity contribution in [2.75, 3.05) is 170 Å². The van der Waals surface area contributed by atoms with Crippen LogP contribution in [0.25, 0.3) is 0 Å². The summed E-state index contributed by atoms with van der Waals surface area (Å²) in [6, 6.07) is 28.1. The molecule has 8 aliphatic heterocycles. The molecule has 6 N–H and O–H groups in total. The Kier molecular flexibility index (Phi) is 28.9. The van der Waals surface area contributed by atoms with Gasteiger partial charge in [0, 0.05) is 95.0 Å². The average Bonchev–Trinajstić information content (AvgIpc) is 1.63. The van der Waals surface area contributed by atoms with E-state index in [1.807, 2.05) is 72.8 Å². The van der Waals surface area contributed by atoms with Crippen LogP contribution in [0.3, 0.4) is 0 Å². The number of para-hydroxylation sites is 2. The number of halogens is 4. The number of ether oxygens (including phenoxy) is 8. The predicted octanol–water partition coefficient (Wildman–Crippen LogP) is 14.2. The summed E-state index contributed by atoms with van der Waals surface area (Å²) in [7, 11) is 0.958. The van der Waals surface area contributed by atoms with Gasteiger partial charge in [-0.3, -0.25) is 20.2 Å². The molecule has 4 unspecified atom stereocenters. The zero-order valence-corrected chi connectivity index (χ0v) is 69.7. The number of nitrogen functional groups attached to an aromatic ring is 1. The van der Waals surface area contributed by atoms with Crippen molar-refractivity contribution >= 4 is 140 Å². The molecule has 2 aromatic carbocycles. The van der Waals surface area contributed by atoms with Gasteiger partial charge in [0.05, 0.1) is 90.1 Å². The van der Waals surface area contributed by atoms with Crippen LogP contribution in [0.2, 0.25) is 20.5 Å². The number of aromatic nitrogens is 8.